The number of benzene rings is 2. The summed E-state index contributed by atoms with van der Waals surface area (Å²) in [7, 11) is 6.65. The van der Waals surface area contributed by atoms with Crippen molar-refractivity contribution in [2.75, 3.05) is 35.0 Å². The molecule has 0 saturated heterocycles. The molecule has 0 bridgehead atoms. The molecule has 0 saturated carbocycles. The van der Waals surface area contributed by atoms with Crippen LogP contribution in [0.3, 0.4) is 0 Å². The van der Waals surface area contributed by atoms with Gasteiger partial charge in [-0.3, -0.25) is 4.99 Å². The zero-order chi connectivity index (χ0) is 20.4. The second kappa shape index (κ2) is 10.9. The van der Waals surface area contributed by atoms with Gasteiger partial charge in [0.15, 0.2) is 17.5 Å². The average Bonchev–Trinajstić information content (AvgIpc) is 2.74. The van der Waals surface area contributed by atoms with Gasteiger partial charge in [-0.15, -0.1) is 0 Å². The molecular formula is C21H29N3O4. The molecule has 7 heteroatoms. The number of guanidine groups is 1. The summed E-state index contributed by atoms with van der Waals surface area (Å²) in [5, 5.41) is 6.59. The van der Waals surface area contributed by atoms with E-state index in [1.807, 2.05) is 43.3 Å². The molecule has 152 valence electrons. The van der Waals surface area contributed by atoms with Gasteiger partial charge in [-0.25, -0.2) is 0 Å². The molecule has 0 aliphatic carbocycles. The van der Waals surface area contributed by atoms with Crippen LogP contribution in [-0.4, -0.2) is 40.9 Å². The van der Waals surface area contributed by atoms with Gasteiger partial charge in [0.2, 0.25) is 0 Å². The van der Waals surface area contributed by atoms with Gasteiger partial charge in [-0.05, 0) is 36.8 Å². The van der Waals surface area contributed by atoms with E-state index in [0.717, 1.165) is 34.1 Å². The van der Waals surface area contributed by atoms with Crippen LogP contribution in [0, 0.1) is 0 Å². The van der Waals surface area contributed by atoms with Crippen molar-refractivity contribution < 1.29 is 18.9 Å². The number of rotatable bonds is 9. The molecule has 2 aromatic rings. The molecule has 0 aromatic heterocycles. The SMILES string of the molecule is CCOc1cc(CNC(=NC)NCc2ccc(OC)cc2OC)ccc1OC. The highest BCUT2D eigenvalue weighted by molar-refractivity contribution is 5.79. The zero-order valence-corrected chi connectivity index (χ0v) is 17.2. The molecule has 0 aliphatic rings. The van der Waals surface area contributed by atoms with Gasteiger partial charge in [0.25, 0.3) is 0 Å². The van der Waals surface area contributed by atoms with E-state index in [2.05, 4.69) is 15.6 Å². The van der Waals surface area contributed by atoms with Crippen LogP contribution in [0.2, 0.25) is 0 Å². The van der Waals surface area contributed by atoms with E-state index < -0.39 is 0 Å². The Morgan fingerprint density at radius 3 is 2.25 bits per heavy atom. The van der Waals surface area contributed by atoms with Crippen molar-refractivity contribution in [1.29, 1.82) is 0 Å². The van der Waals surface area contributed by atoms with Gasteiger partial charge < -0.3 is 29.6 Å². The number of ether oxygens (including phenoxy) is 4. The lowest BCUT2D eigenvalue weighted by molar-refractivity contribution is 0.310. The van der Waals surface area contributed by atoms with Gasteiger partial charge in [0.05, 0.1) is 27.9 Å². The lowest BCUT2D eigenvalue weighted by Gasteiger charge is -2.15. The van der Waals surface area contributed by atoms with E-state index in [0.29, 0.717) is 25.7 Å². The summed E-state index contributed by atoms with van der Waals surface area (Å²) >= 11 is 0. The normalized spacial score (nSPS) is 11.0. The summed E-state index contributed by atoms with van der Waals surface area (Å²) in [6.45, 7) is 3.70. The number of aliphatic imine (C=N–C) groups is 1. The van der Waals surface area contributed by atoms with Crippen LogP contribution >= 0.6 is 0 Å². The molecule has 0 atom stereocenters. The molecule has 0 unspecified atom stereocenters. The minimum atomic E-state index is 0.569. The van der Waals surface area contributed by atoms with Crippen LogP contribution in [0.15, 0.2) is 41.4 Å². The smallest absolute Gasteiger partial charge is 0.191 e. The van der Waals surface area contributed by atoms with Gasteiger partial charge in [-0.2, -0.15) is 0 Å². The van der Waals surface area contributed by atoms with Crippen molar-refractivity contribution >= 4 is 5.96 Å². The first-order valence-electron chi connectivity index (χ1n) is 9.10. The van der Waals surface area contributed by atoms with Gasteiger partial charge >= 0.3 is 0 Å². The number of hydrogen-bond donors (Lipinski definition) is 2. The Morgan fingerprint density at radius 1 is 0.857 bits per heavy atom. The number of methoxy groups -OCH3 is 3. The molecule has 0 heterocycles. The molecule has 0 aliphatic heterocycles. The predicted octanol–water partition coefficient (Wildman–Crippen LogP) is 2.98. The highest BCUT2D eigenvalue weighted by Crippen LogP contribution is 2.28. The number of hydrogen-bond acceptors (Lipinski definition) is 5. The van der Waals surface area contributed by atoms with Gasteiger partial charge in [0.1, 0.15) is 11.5 Å². The summed E-state index contributed by atoms with van der Waals surface area (Å²) in [5.74, 6) is 3.66. The van der Waals surface area contributed by atoms with E-state index in [-0.39, 0.29) is 0 Å². The fourth-order valence-corrected chi connectivity index (χ4v) is 2.68. The van der Waals surface area contributed by atoms with E-state index in [4.69, 9.17) is 18.9 Å². The monoisotopic (exact) mass is 387 g/mol. The van der Waals surface area contributed by atoms with Crippen molar-refractivity contribution in [2.45, 2.75) is 20.0 Å². The molecular weight excluding hydrogens is 358 g/mol. The lowest BCUT2D eigenvalue weighted by Crippen LogP contribution is -2.36. The highest BCUT2D eigenvalue weighted by atomic mass is 16.5. The van der Waals surface area contributed by atoms with E-state index in [1.165, 1.54) is 0 Å². The third-order valence-corrected chi connectivity index (χ3v) is 4.15. The molecule has 0 spiro atoms. The van der Waals surface area contributed by atoms with Crippen LogP contribution in [-0.2, 0) is 13.1 Å². The lowest BCUT2D eigenvalue weighted by atomic mass is 10.2. The predicted molar refractivity (Wildman–Crippen MR) is 111 cm³/mol. The molecule has 0 radical (unpaired) electrons. The standard InChI is InChI=1S/C21H29N3O4/c1-6-28-20-11-15(7-10-18(20)26-4)13-23-21(22-2)24-14-16-8-9-17(25-3)12-19(16)27-5/h7-12H,6,13-14H2,1-5H3,(H2,22,23,24). The van der Waals surface area contributed by atoms with Gasteiger partial charge in [-0.1, -0.05) is 6.07 Å². The largest absolute Gasteiger partial charge is 0.497 e. The van der Waals surface area contributed by atoms with Crippen LogP contribution < -0.4 is 29.6 Å². The molecule has 0 amide bonds. The Hall–Kier alpha value is -3.09. The van der Waals surface area contributed by atoms with Crippen LogP contribution in [0.5, 0.6) is 23.0 Å². The van der Waals surface area contributed by atoms with Crippen LogP contribution in [0.25, 0.3) is 0 Å². The molecule has 7 nitrogen and oxygen atoms in total. The maximum Gasteiger partial charge on any atom is 0.191 e. The minimum Gasteiger partial charge on any atom is -0.497 e. The van der Waals surface area contributed by atoms with Crippen molar-refractivity contribution in [3.8, 4) is 23.0 Å². The minimum absolute atomic E-state index is 0.569. The maximum atomic E-state index is 5.63. The highest BCUT2D eigenvalue weighted by Gasteiger charge is 2.08. The molecule has 2 rings (SSSR count). The second-order valence-electron chi connectivity index (χ2n) is 5.88. The molecule has 0 fully saturated rings. The van der Waals surface area contributed by atoms with Gasteiger partial charge in [0, 0.05) is 31.8 Å². The summed E-state index contributed by atoms with van der Waals surface area (Å²) < 4.78 is 21.6. The summed E-state index contributed by atoms with van der Waals surface area (Å²) in [5.41, 5.74) is 2.07. The maximum absolute atomic E-state index is 5.63. The quantitative estimate of drug-likeness (QED) is 0.509. The first-order chi connectivity index (χ1) is 13.6. The Labute approximate surface area is 166 Å². The average molecular weight is 387 g/mol. The number of nitrogens with one attached hydrogen (secondary N) is 2. The first kappa shape index (κ1) is 21.2. The van der Waals surface area contributed by atoms with Crippen LogP contribution in [0.1, 0.15) is 18.1 Å². The Morgan fingerprint density at radius 2 is 1.61 bits per heavy atom. The number of nitrogens with zero attached hydrogens (tertiary/aromatic N) is 1. The zero-order valence-electron chi connectivity index (χ0n) is 17.2. The fraction of sp³-hybridized carbons (Fsp3) is 0.381. The van der Waals surface area contributed by atoms with E-state index >= 15 is 0 Å². The topological polar surface area (TPSA) is 73.3 Å². The molecule has 2 N–H and O–H groups in total. The van der Waals surface area contributed by atoms with Crippen molar-refractivity contribution in [3.63, 3.8) is 0 Å². The summed E-state index contributed by atoms with van der Waals surface area (Å²) in [6, 6.07) is 11.6. The van der Waals surface area contributed by atoms with Crippen molar-refractivity contribution in [2.24, 2.45) is 4.99 Å². The van der Waals surface area contributed by atoms with Crippen LogP contribution in [0.4, 0.5) is 0 Å². The summed E-state index contributed by atoms with van der Waals surface area (Å²) in [4.78, 5) is 4.27. The third kappa shape index (κ3) is 5.70. The Balaban J connectivity index is 1.97. The third-order valence-electron chi connectivity index (χ3n) is 4.15. The summed E-state index contributed by atoms with van der Waals surface area (Å²) in [6.07, 6.45) is 0. The van der Waals surface area contributed by atoms with Crippen molar-refractivity contribution in [3.05, 3.63) is 47.5 Å². The first-order valence-corrected chi connectivity index (χ1v) is 9.10. The van der Waals surface area contributed by atoms with E-state index in [9.17, 15) is 0 Å². The Bertz CT molecular complexity index is 793. The molecule has 28 heavy (non-hydrogen) atoms. The Kier molecular flexibility index (Phi) is 8.27. The molecule has 2 aromatic carbocycles. The van der Waals surface area contributed by atoms with Crippen molar-refractivity contribution in [1.82, 2.24) is 10.6 Å². The second-order valence-corrected chi connectivity index (χ2v) is 5.88. The fourth-order valence-electron chi connectivity index (χ4n) is 2.68. The van der Waals surface area contributed by atoms with E-state index in [1.54, 1.807) is 28.4 Å².